The van der Waals surface area contributed by atoms with Gasteiger partial charge in [-0.3, -0.25) is 4.79 Å². The van der Waals surface area contributed by atoms with Crippen LogP contribution in [0.1, 0.15) is 57.1 Å². The van der Waals surface area contributed by atoms with E-state index in [9.17, 15) is 9.90 Å². The van der Waals surface area contributed by atoms with Gasteiger partial charge in [-0.1, -0.05) is 45.0 Å². The van der Waals surface area contributed by atoms with E-state index < -0.39 is 0 Å². The third-order valence-corrected chi connectivity index (χ3v) is 4.52. The van der Waals surface area contributed by atoms with Gasteiger partial charge in [0.15, 0.2) is 0 Å². The lowest BCUT2D eigenvalue weighted by Crippen LogP contribution is -2.47. The second kappa shape index (κ2) is 7.08. The Bertz CT molecular complexity index is 461. The Balaban J connectivity index is 1.85. The molecule has 1 unspecified atom stereocenters. The van der Waals surface area contributed by atoms with Gasteiger partial charge in [0.2, 0.25) is 5.91 Å². The predicted octanol–water partition coefficient (Wildman–Crippen LogP) is 3.02. The van der Waals surface area contributed by atoms with Gasteiger partial charge in [-0.05, 0) is 42.2 Å². The molecule has 1 fully saturated rings. The number of amides is 1. The molecule has 1 atom stereocenters. The van der Waals surface area contributed by atoms with Crippen LogP contribution in [0.5, 0.6) is 0 Å². The molecule has 1 amide bonds. The van der Waals surface area contributed by atoms with Gasteiger partial charge < -0.3 is 10.4 Å². The van der Waals surface area contributed by atoms with E-state index in [0.717, 1.165) is 24.8 Å². The third-order valence-electron chi connectivity index (χ3n) is 4.52. The summed E-state index contributed by atoms with van der Waals surface area (Å²) in [6.45, 7) is 6.42. The van der Waals surface area contributed by atoms with Gasteiger partial charge in [0.1, 0.15) is 0 Å². The number of carbonyl (C=O) groups is 1. The van der Waals surface area contributed by atoms with Crippen molar-refractivity contribution in [1.29, 1.82) is 0 Å². The lowest BCUT2D eigenvalue weighted by atomic mass is 9.76. The van der Waals surface area contributed by atoms with Gasteiger partial charge in [0.25, 0.3) is 0 Å². The van der Waals surface area contributed by atoms with Crippen LogP contribution in [0.4, 0.5) is 0 Å². The molecule has 1 aliphatic rings. The minimum atomic E-state index is -0.162. The summed E-state index contributed by atoms with van der Waals surface area (Å²) < 4.78 is 0. The molecule has 3 nitrogen and oxygen atoms in total. The number of hydrogen-bond acceptors (Lipinski definition) is 2. The Hall–Kier alpha value is -1.35. The number of carbonyl (C=O) groups excluding carboxylic acids is 1. The zero-order chi connectivity index (χ0) is 15.4. The first-order valence-electron chi connectivity index (χ1n) is 8.05. The van der Waals surface area contributed by atoms with Crippen LogP contribution >= 0.6 is 0 Å². The van der Waals surface area contributed by atoms with Gasteiger partial charge in [0, 0.05) is 6.04 Å². The summed E-state index contributed by atoms with van der Waals surface area (Å²) >= 11 is 0. The number of hydrogen-bond donors (Lipinski definition) is 2. The van der Waals surface area contributed by atoms with Crippen molar-refractivity contribution in [2.24, 2.45) is 5.92 Å². The Kier molecular flexibility index (Phi) is 5.40. The smallest absolute Gasteiger partial charge is 0.224 e. The molecular formula is C18H27NO2. The molecule has 1 aromatic rings. The van der Waals surface area contributed by atoms with Crippen molar-refractivity contribution in [3.63, 3.8) is 0 Å². The molecule has 0 bridgehead atoms. The molecule has 1 aliphatic carbocycles. The highest BCUT2D eigenvalue weighted by Crippen LogP contribution is 2.31. The van der Waals surface area contributed by atoms with E-state index in [-0.39, 0.29) is 18.1 Å². The minimum absolute atomic E-state index is 0.0838. The highest BCUT2D eigenvalue weighted by atomic mass is 16.3. The summed E-state index contributed by atoms with van der Waals surface area (Å²) in [5.74, 6) is 1.04. The minimum Gasteiger partial charge on any atom is -0.393 e. The maximum Gasteiger partial charge on any atom is 0.224 e. The molecule has 3 heteroatoms. The summed E-state index contributed by atoms with van der Waals surface area (Å²) in [6, 6.07) is 8.50. The fourth-order valence-corrected chi connectivity index (χ4v) is 2.98. The zero-order valence-corrected chi connectivity index (χ0v) is 13.3. The van der Waals surface area contributed by atoms with E-state index >= 15 is 0 Å². The maximum absolute atomic E-state index is 12.2. The summed E-state index contributed by atoms with van der Waals surface area (Å²) in [6.07, 6.45) is 2.84. The number of nitrogens with one attached hydrogen (secondary N) is 1. The quantitative estimate of drug-likeness (QED) is 0.845. The van der Waals surface area contributed by atoms with Crippen LogP contribution in [-0.4, -0.2) is 23.2 Å². The normalized spacial score (nSPS) is 22.7. The van der Waals surface area contributed by atoms with Crippen molar-refractivity contribution in [3.8, 4) is 0 Å². The molecule has 0 spiro atoms. The molecule has 0 aliphatic heterocycles. The standard InChI is InChI=1S/C18H27NO2/c1-4-17(15-10-16(20)11-15)19-18(21)9-13-5-7-14(8-6-13)12(2)3/h5-8,12,15-17,20H,4,9-11H2,1-3H3,(H,19,21). The summed E-state index contributed by atoms with van der Waals surface area (Å²) in [5, 5.41) is 12.5. The molecule has 1 aromatic carbocycles. The first-order valence-corrected chi connectivity index (χ1v) is 8.05. The first-order chi connectivity index (χ1) is 9.99. The van der Waals surface area contributed by atoms with Crippen LogP contribution < -0.4 is 5.32 Å². The summed E-state index contributed by atoms with van der Waals surface area (Å²) in [4.78, 5) is 12.2. The van der Waals surface area contributed by atoms with Crippen molar-refractivity contribution in [1.82, 2.24) is 5.32 Å². The molecule has 21 heavy (non-hydrogen) atoms. The van der Waals surface area contributed by atoms with Crippen LogP contribution in [-0.2, 0) is 11.2 Å². The fraction of sp³-hybridized carbons (Fsp3) is 0.611. The Morgan fingerprint density at radius 1 is 1.29 bits per heavy atom. The molecule has 1 saturated carbocycles. The van der Waals surface area contributed by atoms with Crippen LogP contribution in [0.3, 0.4) is 0 Å². The SMILES string of the molecule is CCC(NC(=O)Cc1ccc(C(C)C)cc1)C1CC(O)C1. The number of rotatable bonds is 6. The third kappa shape index (κ3) is 4.31. The highest BCUT2D eigenvalue weighted by Gasteiger charge is 2.33. The maximum atomic E-state index is 12.2. The van der Waals surface area contributed by atoms with E-state index in [1.165, 1.54) is 5.56 Å². The predicted molar refractivity (Wildman–Crippen MR) is 85.2 cm³/mol. The van der Waals surface area contributed by atoms with Crippen molar-refractivity contribution in [2.45, 2.75) is 64.5 Å². The molecule has 2 rings (SSSR count). The average molecular weight is 289 g/mol. The molecule has 0 heterocycles. The van der Waals surface area contributed by atoms with Crippen LogP contribution in [0.15, 0.2) is 24.3 Å². The lowest BCUT2D eigenvalue weighted by molar-refractivity contribution is -0.122. The Labute approximate surface area is 127 Å². The monoisotopic (exact) mass is 289 g/mol. The second-order valence-corrected chi connectivity index (χ2v) is 6.54. The van der Waals surface area contributed by atoms with Gasteiger partial charge in [-0.2, -0.15) is 0 Å². The Morgan fingerprint density at radius 3 is 2.38 bits per heavy atom. The van der Waals surface area contributed by atoms with E-state index in [0.29, 0.717) is 18.3 Å². The topological polar surface area (TPSA) is 49.3 Å². The molecule has 116 valence electrons. The summed E-state index contributed by atoms with van der Waals surface area (Å²) in [7, 11) is 0. The summed E-state index contributed by atoms with van der Waals surface area (Å²) in [5.41, 5.74) is 2.36. The van der Waals surface area contributed by atoms with E-state index in [4.69, 9.17) is 0 Å². The van der Waals surface area contributed by atoms with Crippen LogP contribution in [0, 0.1) is 5.92 Å². The van der Waals surface area contributed by atoms with E-state index in [1.807, 2.05) is 12.1 Å². The van der Waals surface area contributed by atoms with Gasteiger partial charge >= 0.3 is 0 Å². The molecule has 0 saturated heterocycles. The van der Waals surface area contributed by atoms with Crippen molar-refractivity contribution < 1.29 is 9.90 Å². The van der Waals surface area contributed by atoms with E-state index in [1.54, 1.807) is 0 Å². The fourth-order valence-electron chi connectivity index (χ4n) is 2.98. The molecule has 0 radical (unpaired) electrons. The highest BCUT2D eigenvalue weighted by molar-refractivity contribution is 5.78. The number of aliphatic hydroxyl groups excluding tert-OH is 1. The van der Waals surface area contributed by atoms with Gasteiger partial charge in [-0.25, -0.2) is 0 Å². The zero-order valence-electron chi connectivity index (χ0n) is 13.3. The first kappa shape index (κ1) is 16.0. The second-order valence-electron chi connectivity index (χ2n) is 6.54. The molecule has 0 aromatic heterocycles. The Morgan fingerprint density at radius 2 is 1.90 bits per heavy atom. The van der Waals surface area contributed by atoms with Crippen LogP contribution in [0.25, 0.3) is 0 Å². The van der Waals surface area contributed by atoms with Crippen molar-refractivity contribution in [3.05, 3.63) is 35.4 Å². The molecule has 2 N–H and O–H groups in total. The largest absolute Gasteiger partial charge is 0.393 e. The molecular weight excluding hydrogens is 262 g/mol. The van der Waals surface area contributed by atoms with Gasteiger partial charge in [-0.15, -0.1) is 0 Å². The lowest BCUT2D eigenvalue weighted by Gasteiger charge is -2.37. The van der Waals surface area contributed by atoms with Crippen molar-refractivity contribution in [2.75, 3.05) is 0 Å². The average Bonchev–Trinajstić information content (AvgIpc) is 2.42. The number of benzene rings is 1. The van der Waals surface area contributed by atoms with Gasteiger partial charge in [0.05, 0.1) is 12.5 Å². The van der Waals surface area contributed by atoms with Crippen LogP contribution in [0.2, 0.25) is 0 Å². The number of aliphatic hydroxyl groups is 1. The van der Waals surface area contributed by atoms with Crippen molar-refractivity contribution >= 4 is 5.91 Å². The van der Waals surface area contributed by atoms with E-state index in [2.05, 4.69) is 38.2 Å².